The Morgan fingerprint density at radius 2 is 2.12 bits per heavy atom. The highest BCUT2D eigenvalue weighted by Crippen LogP contribution is 2.33. The maximum absolute atomic E-state index is 12.0. The fourth-order valence-corrected chi connectivity index (χ4v) is 3.56. The van der Waals surface area contributed by atoms with Crippen LogP contribution >= 0.6 is 0 Å². The molecule has 0 atom stereocenters. The van der Waals surface area contributed by atoms with E-state index in [0.29, 0.717) is 5.82 Å². The third kappa shape index (κ3) is 2.29. The fraction of sp³-hybridized carbons (Fsp3) is 0.250. The zero-order valence-corrected chi connectivity index (χ0v) is 14.7. The Morgan fingerprint density at radius 3 is 2.92 bits per heavy atom. The number of H-pyrrole nitrogens is 1. The monoisotopic (exact) mass is 345 g/mol. The van der Waals surface area contributed by atoms with Gasteiger partial charge in [-0.3, -0.25) is 4.79 Å². The molecule has 4 aromatic rings. The summed E-state index contributed by atoms with van der Waals surface area (Å²) in [5.74, 6) is 0.862. The molecular weight excluding hydrogens is 326 g/mol. The van der Waals surface area contributed by atoms with Crippen molar-refractivity contribution in [3.05, 3.63) is 42.4 Å². The van der Waals surface area contributed by atoms with E-state index in [2.05, 4.69) is 50.0 Å². The molecular formula is C20H19N5O. The quantitative estimate of drug-likeness (QED) is 0.593. The van der Waals surface area contributed by atoms with Gasteiger partial charge in [0.2, 0.25) is 5.91 Å². The number of rotatable bonds is 3. The van der Waals surface area contributed by atoms with Crippen LogP contribution < -0.4 is 5.32 Å². The summed E-state index contributed by atoms with van der Waals surface area (Å²) < 4.78 is 2.13. The van der Waals surface area contributed by atoms with Crippen molar-refractivity contribution in [2.45, 2.75) is 19.8 Å². The van der Waals surface area contributed by atoms with E-state index in [0.717, 1.165) is 51.6 Å². The number of nitrogens with one attached hydrogen (secondary N) is 2. The van der Waals surface area contributed by atoms with Gasteiger partial charge in [0, 0.05) is 29.6 Å². The van der Waals surface area contributed by atoms with Crippen molar-refractivity contribution in [2.24, 2.45) is 13.0 Å². The Kier molecular flexibility index (Phi) is 3.16. The number of benzene rings is 1. The van der Waals surface area contributed by atoms with Crippen molar-refractivity contribution in [3.63, 3.8) is 0 Å². The summed E-state index contributed by atoms with van der Waals surface area (Å²) >= 11 is 0. The lowest BCUT2D eigenvalue weighted by molar-refractivity contribution is -0.117. The molecule has 0 spiro atoms. The molecule has 26 heavy (non-hydrogen) atoms. The predicted molar refractivity (Wildman–Crippen MR) is 102 cm³/mol. The number of nitrogens with zero attached hydrogens (tertiary/aromatic N) is 3. The molecule has 6 nitrogen and oxygen atoms in total. The summed E-state index contributed by atoms with van der Waals surface area (Å²) in [6.45, 7) is 2.09. The number of aryl methyl sites for hydroxylation is 2. The number of fused-ring (bicyclic) bond motifs is 2. The average molecular weight is 345 g/mol. The zero-order chi connectivity index (χ0) is 17.8. The van der Waals surface area contributed by atoms with Crippen LogP contribution in [0.25, 0.3) is 33.2 Å². The largest absolute Gasteiger partial charge is 0.345 e. The third-order valence-corrected chi connectivity index (χ3v) is 5.25. The van der Waals surface area contributed by atoms with Crippen LogP contribution in [0, 0.1) is 12.8 Å². The topological polar surface area (TPSA) is 75.6 Å². The summed E-state index contributed by atoms with van der Waals surface area (Å²) in [7, 11) is 2.04. The van der Waals surface area contributed by atoms with Crippen LogP contribution in [0.5, 0.6) is 0 Å². The first-order valence-electron chi connectivity index (χ1n) is 8.81. The van der Waals surface area contributed by atoms with Crippen molar-refractivity contribution in [2.75, 3.05) is 5.32 Å². The number of imidazole rings is 1. The van der Waals surface area contributed by atoms with E-state index in [1.165, 1.54) is 0 Å². The van der Waals surface area contributed by atoms with Crippen LogP contribution in [0.3, 0.4) is 0 Å². The van der Waals surface area contributed by atoms with E-state index in [4.69, 9.17) is 0 Å². The Morgan fingerprint density at radius 1 is 1.27 bits per heavy atom. The number of carbonyl (C=O) groups excluding carboxylic acids is 1. The van der Waals surface area contributed by atoms with Gasteiger partial charge in [0.1, 0.15) is 5.82 Å². The second kappa shape index (κ2) is 5.42. The number of hydrogen-bond acceptors (Lipinski definition) is 3. The van der Waals surface area contributed by atoms with Gasteiger partial charge in [-0.05, 0) is 43.5 Å². The molecule has 3 aromatic heterocycles. The molecule has 5 rings (SSSR count). The normalized spacial score (nSPS) is 14.2. The van der Waals surface area contributed by atoms with Crippen molar-refractivity contribution in [3.8, 4) is 11.3 Å². The van der Waals surface area contributed by atoms with Gasteiger partial charge in [-0.2, -0.15) is 0 Å². The minimum absolute atomic E-state index is 0.0767. The van der Waals surface area contributed by atoms with E-state index >= 15 is 0 Å². The van der Waals surface area contributed by atoms with Crippen LogP contribution in [0.1, 0.15) is 18.4 Å². The molecule has 0 bridgehead atoms. The minimum Gasteiger partial charge on any atom is -0.345 e. The Bertz CT molecular complexity index is 1170. The van der Waals surface area contributed by atoms with Crippen LogP contribution in [-0.4, -0.2) is 25.4 Å². The van der Waals surface area contributed by atoms with E-state index in [1.54, 1.807) is 6.33 Å². The van der Waals surface area contributed by atoms with Crippen molar-refractivity contribution >= 4 is 33.7 Å². The highest BCUT2D eigenvalue weighted by atomic mass is 16.2. The molecule has 0 aliphatic heterocycles. The second-order valence-corrected chi connectivity index (χ2v) is 7.02. The highest BCUT2D eigenvalue weighted by Gasteiger charge is 2.29. The van der Waals surface area contributed by atoms with Crippen LogP contribution in [0.2, 0.25) is 0 Å². The lowest BCUT2D eigenvalue weighted by atomic mass is 10.0. The maximum Gasteiger partial charge on any atom is 0.228 e. The van der Waals surface area contributed by atoms with Gasteiger partial charge in [-0.15, -0.1) is 0 Å². The lowest BCUT2D eigenvalue weighted by Gasteiger charge is -2.08. The number of amides is 1. The summed E-state index contributed by atoms with van der Waals surface area (Å²) in [5.41, 5.74) is 6.46. The first-order valence-corrected chi connectivity index (χ1v) is 8.81. The van der Waals surface area contributed by atoms with Gasteiger partial charge in [-0.25, -0.2) is 9.97 Å². The number of aromatic nitrogens is 4. The minimum atomic E-state index is 0.0767. The summed E-state index contributed by atoms with van der Waals surface area (Å²) in [6, 6.07) is 8.27. The number of carbonyl (C=O) groups is 1. The molecule has 1 fully saturated rings. The van der Waals surface area contributed by atoms with Crippen LogP contribution in [-0.2, 0) is 11.8 Å². The highest BCUT2D eigenvalue weighted by molar-refractivity contribution is 5.96. The second-order valence-electron chi connectivity index (χ2n) is 7.02. The molecule has 1 aromatic carbocycles. The number of pyridine rings is 1. The Hall–Kier alpha value is -3.15. The Balaban J connectivity index is 1.59. The van der Waals surface area contributed by atoms with Gasteiger partial charge < -0.3 is 14.9 Å². The van der Waals surface area contributed by atoms with E-state index in [1.807, 2.05) is 19.3 Å². The zero-order valence-electron chi connectivity index (χ0n) is 14.7. The predicted octanol–water partition coefficient (Wildman–Crippen LogP) is 3.77. The standard InChI is InChI=1S/C20H19N5O/c1-11-14(5-6-15-19(11)23-10-22-15)16-7-13-8-18(21-9-17(13)25(16)2)24-20(26)12-3-4-12/h5-10,12H,3-4H2,1-2H3,(H,22,23)(H,21,24,26). The van der Waals surface area contributed by atoms with E-state index < -0.39 is 0 Å². The average Bonchev–Trinajstić information content (AvgIpc) is 3.29. The summed E-state index contributed by atoms with van der Waals surface area (Å²) in [5, 5.41) is 3.98. The molecule has 0 radical (unpaired) electrons. The SMILES string of the molecule is Cc1c(-c2cc3cc(NC(=O)C4CC4)ncc3n2C)ccc2[nH]cnc12. The molecule has 6 heteroatoms. The lowest BCUT2D eigenvalue weighted by Crippen LogP contribution is -2.14. The number of anilines is 1. The first-order chi connectivity index (χ1) is 12.6. The van der Waals surface area contributed by atoms with Gasteiger partial charge in [0.05, 0.1) is 29.1 Å². The van der Waals surface area contributed by atoms with Crippen molar-refractivity contribution in [1.82, 2.24) is 19.5 Å². The van der Waals surface area contributed by atoms with Crippen LogP contribution in [0.15, 0.2) is 36.8 Å². The molecule has 130 valence electrons. The molecule has 1 aliphatic carbocycles. The van der Waals surface area contributed by atoms with Crippen molar-refractivity contribution < 1.29 is 4.79 Å². The molecule has 0 saturated heterocycles. The fourth-order valence-electron chi connectivity index (χ4n) is 3.56. The molecule has 0 unspecified atom stereocenters. The van der Waals surface area contributed by atoms with Crippen LogP contribution in [0.4, 0.5) is 5.82 Å². The first kappa shape index (κ1) is 15.1. The molecule has 1 aliphatic rings. The van der Waals surface area contributed by atoms with Crippen molar-refractivity contribution in [1.29, 1.82) is 0 Å². The van der Waals surface area contributed by atoms with Gasteiger partial charge in [0.15, 0.2) is 0 Å². The van der Waals surface area contributed by atoms with Gasteiger partial charge >= 0.3 is 0 Å². The number of hydrogen-bond donors (Lipinski definition) is 2. The Labute approximate surface area is 150 Å². The maximum atomic E-state index is 12.0. The summed E-state index contributed by atoms with van der Waals surface area (Å²) in [6.07, 6.45) is 5.52. The molecule has 2 N–H and O–H groups in total. The molecule has 1 saturated carbocycles. The smallest absolute Gasteiger partial charge is 0.228 e. The number of aromatic amines is 1. The van der Waals surface area contributed by atoms with Gasteiger partial charge in [0.25, 0.3) is 0 Å². The van der Waals surface area contributed by atoms with E-state index in [-0.39, 0.29) is 11.8 Å². The van der Waals surface area contributed by atoms with Gasteiger partial charge in [-0.1, -0.05) is 6.07 Å². The van der Waals surface area contributed by atoms with E-state index in [9.17, 15) is 4.79 Å². The third-order valence-electron chi connectivity index (χ3n) is 5.25. The molecule has 3 heterocycles. The summed E-state index contributed by atoms with van der Waals surface area (Å²) in [4.78, 5) is 24.0. The molecule has 1 amide bonds.